The number of carbonyl (C=O) groups excluding carboxylic acids is 2. The Labute approximate surface area is 127 Å². The molecule has 3 heterocycles. The quantitative estimate of drug-likeness (QED) is 0.789. The fourth-order valence-electron chi connectivity index (χ4n) is 3.39. The average Bonchev–Trinajstić information content (AvgIpc) is 2.53. The van der Waals surface area contributed by atoms with Gasteiger partial charge in [-0.2, -0.15) is 0 Å². The van der Waals surface area contributed by atoms with Crippen molar-refractivity contribution in [2.45, 2.75) is 18.9 Å². The van der Waals surface area contributed by atoms with E-state index in [1.807, 2.05) is 10.6 Å². The molecule has 1 N–H and O–H groups in total. The Bertz CT molecular complexity index is 654. The van der Waals surface area contributed by atoms with Crippen LogP contribution in [-0.2, 0) is 16.1 Å². The lowest BCUT2D eigenvalue weighted by molar-refractivity contribution is -0.139. The van der Waals surface area contributed by atoms with Crippen molar-refractivity contribution in [1.82, 2.24) is 14.8 Å². The highest BCUT2D eigenvalue weighted by Gasteiger charge is 2.36. The summed E-state index contributed by atoms with van der Waals surface area (Å²) in [6.07, 6.45) is 0.990. The third-order valence-electron chi connectivity index (χ3n) is 4.38. The number of rotatable bonds is 2. The molecule has 2 aliphatic rings. The first-order valence-corrected chi connectivity index (χ1v) is 7.38. The van der Waals surface area contributed by atoms with Crippen molar-refractivity contribution in [2.75, 3.05) is 26.7 Å². The maximum Gasteiger partial charge on any atom is 0.325 e. The fraction of sp³-hybridized carbons (Fsp3) is 0.533. The van der Waals surface area contributed by atoms with Crippen molar-refractivity contribution < 1.29 is 14.3 Å². The van der Waals surface area contributed by atoms with Crippen molar-refractivity contribution in [3.05, 3.63) is 34.2 Å². The molecule has 22 heavy (non-hydrogen) atoms. The van der Waals surface area contributed by atoms with Gasteiger partial charge in [-0.15, -0.1) is 0 Å². The van der Waals surface area contributed by atoms with Crippen LogP contribution in [0.25, 0.3) is 0 Å². The van der Waals surface area contributed by atoms with Gasteiger partial charge in [-0.05, 0) is 18.4 Å². The molecule has 0 spiro atoms. The molecule has 2 bridgehead atoms. The van der Waals surface area contributed by atoms with E-state index in [2.05, 4.69) is 10.1 Å². The summed E-state index contributed by atoms with van der Waals surface area (Å²) in [7, 11) is 1.29. The Morgan fingerprint density at radius 1 is 1.32 bits per heavy atom. The molecule has 2 atom stereocenters. The third-order valence-corrected chi connectivity index (χ3v) is 4.38. The topological polar surface area (TPSA) is 80.6 Å². The lowest BCUT2D eigenvalue weighted by Crippen LogP contribution is -2.52. The molecule has 2 aliphatic heterocycles. The average molecular weight is 305 g/mol. The Kier molecular flexibility index (Phi) is 3.87. The summed E-state index contributed by atoms with van der Waals surface area (Å²) in [6, 6.07) is 5.04. The van der Waals surface area contributed by atoms with Crippen LogP contribution in [0.4, 0.5) is 4.79 Å². The van der Waals surface area contributed by atoms with Gasteiger partial charge >= 0.3 is 12.0 Å². The zero-order valence-corrected chi connectivity index (χ0v) is 12.4. The van der Waals surface area contributed by atoms with Crippen molar-refractivity contribution in [3.8, 4) is 0 Å². The smallest absolute Gasteiger partial charge is 0.325 e. The number of hydrogen-bond donors (Lipinski definition) is 1. The van der Waals surface area contributed by atoms with E-state index in [-0.39, 0.29) is 30.0 Å². The lowest BCUT2D eigenvalue weighted by atomic mass is 9.83. The van der Waals surface area contributed by atoms with Crippen LogP contribution in [0.15, 0.2) is 23.0 Å². The Balaban J connectivity index is 1.72. The van der Waals surface area contributed by atoms with E-state index < -0.39 is 5.97 Å². The highest BCUT2D eigenvalue weighted by atomic mass is 16.5. The predicted molar refractivity (Wildman–Crippen MR) is 78.5 cm³/mol. The molecule has 0 unspecified atom stereocenters. The van der Waals surface area contributed by atoms with E-state index in [1.54, 1.807) is 17.0 Å². The molecule has 7 heteroatoms. The van der Waals surface area contributed by atoms with Crippen LogP contribution in [0.2, 0.25) is 0 Å². The molecule has 0 radical (unpaired) electrons. The summed E-state index contributed by atoms with van der Waals surface area (Å²) in [4.78, 5) is 36.9. The zero-order chi connectivity index (χ0) is 15.7. The lowest BCUT2D eigenvalue weighted by Gasteiger charge is -2.42. The van der Waals surface area contributed by atoms with E-state index in [0.717, 1.165) is 12.1 Å². The molecule has 0 aromatic carbocycles. The normalized spacial score (nSPS) is 22.7. The van der Waals surface area contributed by atoms with Crippen molar-refractivity contribution in [3.63, 3.8) is 0 Å². The number of nitrogens with zero attached hydrogens (tertiary/aromatic N) is 2. The summed E-state index contributed by atoms with van der Waals surface area (Å²) in [5, 5.41) is 2.57. The van der Waals surface area contributed by atoms with Crippen LogP contribution in [0.3, 0.4) is 0 Å². The van der Waals surface area contributed by atoms with E-state index >= 15 is 0 Å². The molecule has 2 amide bonds. The number of nitrogens with one attached hydrogen (secondary N) is 1. The number of aromatic nitrogens is 1. The molecule has 1 saturated heterocycles. The van der Waals surface area contributed by atoms with Crippen LogP contribution in [0.5, 0.6) is 0 Å². The first kappa shape index (κ1) is 14.6. The Morgan fingerprint density at radius 2 is 2.14 bits per heavy atom. The molecule has 1 fully saturated rings. The zero-order valence-electron chi connectivity index (χ0n) is 12.4. The van der Waals surface area contributed by atoms with Crippen LogP contribution < -0.4 is 10.9 Å². The first-order valence-electron chi connectivity index (χ1n) is 7.38. The van der Waals surface area contributed by atoms with E-state index in [9.17, 15) is 14.4 Å². The second-order valence-electron chi connectivity index (χ2n) is 5.84. The van der Waals surface area contributed by atoms with Crippen LogP contribution in [0, 0.1) is 5.92 Å². The van der Waals surface area contributed by atoms with Gasteiger partial charge in [-0.1, -0.05) is 6.07 Å². The number of fused-ring (bicyclic) bond motifs is 4. The predicted octanol–water partition coefficient (Wildman–Crippen LogP) is 0.150. The van der Waals surface area contributed by atoms with Crippen molar-refractivity contribution in [2.24, 2.45) is 5.92 Å². The maximum absolute atomic E-state index is 12.2. The van der Waals surface area contributed by atoms with Crippen molar-refractivity contribution in [1.29, 1.82) is 0 Å². The third kappa shape index (κ3) is 2.70. The summed E-state index contributed by atoms with van der Waals surface area (Å²) < 4.78 is 6.33. The fourth-order valence-corrected chi connectivity index (χ4v) is 3.39. The molecule has 7 nitrogen and oxygen atoms in total. The number of ether oxygens (including phenoxy) is 1. The highest BCUT2D eigenvalue weighted by molar-refractivity contribution is 5.80. The number of pyridine rings is 1. The summed E-state index contributed by atoms with van der Waals surface area (Å²) in [5.41, 5.74) is 1.02. The minimum absolute atomic E-state index is 0.0239. The van der Waals surface area contributed by atoms with Gasteiger partial charge in [0, 0.05) is 37.3 Å². The van der Waals surface area contributed by atoms with Crippen LogP contribution >= 0.6 is 0 Å². The Morgan fingerprint density at radius 3 is 2.91 bits per heavy atom. The number of hydrogen-bond acceptors (Lipinski definition) is 4. The second-order valence-corrected chi connectivity index (χ2v) is 5.84. The molecular weight excluding hydrogens is 286 g/mol. The second kappa shape index (κ2) is 5.82. The van der Waals surface area contributed by atoms with Gasteiger partial charge in [0.2, 0.25) is 0 Å². The monoisotopic (exact) mass is 305 g/mol. The molecular formula is C15H19N3O4. The summed E-state index contributed by atoms with van der Waals surface area (Å²) in [6.45, 7) is 1.68. The number of esters is 1. The van der Waals surface area contributed by atoms with Gasteiger partial charge in [0.25, 0.3) is 5.56 Å². The number of urea groups is 1. The van der Waals surface area contributed by atoms with Gasteiger partial charge in [0.1, 0.15) is 6.54 Å². The molecule has 3 rings (SSSR count). The maximum atomic E-state index is 12.2. The van der Waals surface area contributed by atoms with E-state index in [1.165, 1.54) is 7.11 Å². The largest absolute Gasteiger partial charge is 0.468 e. The minimum atomic E-state index is -0.470. The van der Waals surface area contributed by atoms with Gasteiger partial charge in [-0.3, -0.25) is 9.59 Å². The summed E-state index contributed by atoms with van der Waals surface area (Å²) in [5.74, 6) is -0.0250. The number of likely N-dealkylation sites (tertiary alicyclic amines) is 1. The number of methoxy groups -OCH3 is 1. The molecule has 1 aromatic heterocycles. The Hall–Kier alpha value is -2.31. The molecule has 0 aliphatic carbocycles. The molecule has 1 aromatic rings. The number of amides is 2. The highest BCUT2D eigenvalue weighted by Crippen LogP contribution is 2.34. The van der Waals surface area contributed by atoms with E-state index in [4.69, 9.17) is 0 Å². The van der Waals surface area contributed by atoms with Crippen LogP contribution in [0.1, 0.15) is 18.0 Å². The van der Waals surface area contributed by atoms with Crippen molar-refractivity contribution >= 4 is 12.0 Å². The number of piperidine rings is 1. The van der Waals surface area contributed by atoms with E-state index in [0.29, 0.717) is 19.6 Å². The number of carbonyl (C=O) groups is 2. The van der Waals surface area contributed by atoms with Crippen LogP contribution in [-0.4, -0.2) is 48.2 Å². The summed E-state index contributed by atoms with van der Waals surface area (Å²) >= 11 is 0. The molecule has 118 valence electrons. The van der Waals surface area contributed by atoms with Gasteiger partial charge in [0.05, 0.1) is 7.11 Å². The van der Waals surface area contributed by atoms with Gasteiger partial charge in [-0.25, -0.2) is 4.79 Å². The SMILES string of the molecule is COC(=O)CNC(=O)N1C[C@H]2C[C@H](C1)c1cccc(=O)n1C2. The van der Waals surface area contributed by atoms with Gasteiger partial charge in [0.15, 0.2) is 0 Å². The minimum Gasteiger partial charge on any atom is -0.468 e. The first-order chi connectivity index (χ1) is 10.6. The molecule has 0 saturated carbocycles. The van der Waals surface area contributed by atoms with Gasteiger partial charge < -0.3 is 19.5 Å². The standard InChI is InChI=1S/C15H19N3O4/c1-22-14(20)6-16-15(21)17-7-10-5-11(9-17)12-3-2-4-13(19)18(12)8-10/h2-4,10-11H,5-9H2,1H3,(H,16,21)/t10-,11-/m1/s1.